The summed E-state index contributed by atoms with van der Waals surface area (Å²) in [5.74, 6) is 4.68. The van der Waals surface area contributed by atoms with Gasteiger partial charge in [-0.3, -0.25) is 0 Å². The Morgan fingerprint density at radius 2 is 1.67 bits per heavy atom. The van der Waals surface area contributed by atoms with Crippen molar-refractivity contribution >= 4 is 0 Å². The first-order chi connectivity index (χ1) is 7.40. The minimum Gasteiger partial charge on any atom is -0.365 e. The second kappa shape index (κ2) is 2.87. The molecule has 0 aromatic carbocycles. The average molecular weight is 203 g/mol. The summed E-state index contributed by atoms with van der Waals surface area (Å²) in [7, 11) is 0. The molecule has 4 saturated carbocycles. The Balaban J connectivity index is 1.71. The summed E-state index contributed by atoms with van der Waals surface area (Å²) in [6.45, 7) is 0. The third kappa shape index (κ3) is 1.14. The highest BCUT2D eigenvalue weighted by Gasteiger charge is 2.49. The van der Waals surface area contributed by atoms with Gasteiger partial charge in [0.15, 0.2) is 0 Å². The summed E-state index contributed by atoms with van der Waals surface area (Å²) in [4.78, 5) is 0. The Kier molecular flexibility index (Phi) is 1.60. The van der Waals surface area contributed by atoms with Crippen molar-refractivity contribution in [2.45, 2.75) is 38.0 Å². The molecule has 15 heavy (non-hydrogen) atoms. The molecule has 2 heteroatoms. The molecule has 1 heterocycles. The molecule has 4 aliphatic rings. The largest absolute Gasteiger partial charge is 0.365 e. The van der Waals surface area contributed by atoms with Gasteiger partial charge in [0.25, 0.3) is 0 Å². The molecule has 0 spiro atoms. The molecule has 1 aromatic heterocycles. The van der Waals surface area contributed by atoms with Crippen LogP contribution in [0.5, 0.6) is 0 Å². The number of rotatable bonds is 1. The van der Waals surface area contributed by atoms with E-state index < -0.39 is 0 Å². The zero-order chi connectivity index (χ0) is 9.83. The van der Waals surface area contributed by atoms with E-state index in [4.69, 9.17) is 4.52 Å². The van der Waals surface area contributed by atoms with Gasteiger partial charge in [0.05, 0.1) is 5.69 Å². The highest BCUT2D eigenvalue weighted by atomic mass is 16.5. The standard InChI is InChI=1S/C13H17NO/c1-2-15-14-12(1)13-10-4-8-3-9(6-10)7-11(13)5-8/h1-2,8-11,13H,3-7H2. The fourth-order valence-electron chi connectivity index (χ4n) is 4.80. The maximum absolute atomic E-state index is 5.02. The lowest BCUT2D eigenvalue weighted by Gasteiger charge is -2.53. The second-order valence-corrected chi connectivity index (χ2v) is 5.88. The van der Waals surface area contributed by atoms with E-state index in [1.165, 1.54) is 37.8 Å². The van der Waals surface area contributed by atoms with E-state index in [1.54, 1.807) is 6.26 Å². The van der Waals surface area contributed by atoms with Crippen LogP contribution in [0.15, 0.2) is 16.9 Å². The van der Waals surface area contributed by atoms with Crippen LogP contribution >= 0.6 is 0 Å². The monoisotopic (exact) mass is 203 g/mol. The van der Waals surface area contributed by atoms with Crippen LogP contribution in [0.1, 0.15) is 43.7 Å². The first-order valence-electron chi connectivity index (χ1n) is 6.30. The van der Waals surface area contributed by atoms with Gasteiger partial charge >= 0.3 is 0 Å². The zero-order valence-electron chi connectivity index (χ0n) is 8.93. The predicted molar refractivity (Wildman–Crippen MR) is 56.3 cm³/mol. The molecule has 0 amide bonds. The first-order valence-corrected chi connectivity index (χ1v) is 6.30. The van der Waals surface area contributed by atoms with Crippen molar-refractivity contribution in [3.8, 4) is 0 Å². The quantitative estimate of drug-likeness (QED) is 0.700. The van der Waals surface area contributed by atoms with Gasteiger partial charge in [-0.2, -0.15) is 0 Å². The summed E-state index contributed by atoms with van der Waals surface area (Å²) >= 11 is 0. The van der Waals surface area contributed by atoms with Crippen molar-refractivity contribution in [2.24, 2.45) is 23.7 Å². The van der Waals surface area contributed by atoms with Gasteiger partial charge < -0.3 is 4.52 Å². The lowest BCUT2D eigenvalue weighted by Crippen LogP contribution is -2.43. The van der Waals surface area contributed by atoms with E-state index in [9.17, 15) is 0 Å². The second-order valence-electron chi connectivity index (χ2n) is 5.88. The third-order valence-corrected chi connectivity index (χ3v) is 5.03. The molecule has 4 bridgehead atoms. The highest BCUT2D eigenvalue weighted by molar-refractivity contribution is 5.14. The Hall–Kier alpha value is -0.790. The number of nitrogens with zero attached hydrogens (tertiary/aromatic N) is 1. The molecular weight excluding hydrogens is 186 g/mol. The van der Waals surface area contributed by atoms with E-state index >= 15 is 0 Å². The molecule has 80 valence electrons. The Labute approximate surface area is 90.0 Å². The Morgan fingerprint density at radius 3 is 2.20 bits per heavy atom. The summed E-state index contributed by atoms with van der Waals surface area (Å²) < 4.78 is 5.02. The van der Waals surface area contributed by atoms with Crippen LogP contribution in [0.25, 0.3) is 0 Å². The average Bonchev–Trinajstić information content (AvgIpc) is 2.69. The third-order valence-electron chi connectivity index (χ3n) is 5.03. The van der Waals surface area contributed by atoms with Gasteiger partial charge in [-0.25, -0.2) is 0 Å². The van der Waals surface area contributed by atoms with Crippen LogP contribution in [0.2, 0.25) is 0 Å². The topological polar surface area (TPSA) is 26.0 Å². The van der Waals surface area contributed by atoms with Crippen LogP contribution in [-0.2, 0) is 0 Å². The molecular formula is C13H17NO. The van der Waals surface area contributed by atoms with Gasteiger partial charge in [0.2, 0.25) is 0 Å². The molecule has 0 saturated heterocycles. The molecule has 5 rings (SSSR count). The summed E-state index contributed by atoms with van der Waals surface area (Å²) in [5, 5.41) is 4.19. The zero-order valence-corrected chi connectivity index (χ0v) is 8.93. The van der Waals surface area contributed by atoms with E-state index in [-0.39, 0.29) is 0 Å². The number of hydrogen-bond acceptors (Lipinski definition) is 2. The van der Waals surface area contributed by atoms with Crippen LogP contribution in [0.4, 0.5) is 0 Å². The van der Waals surface area contributed by atoms with Crippen LogP contribution in [-0.4, -0.2) is 5.16 Å². The van der Waals surface area contributed by atoms with E-state index in [2.05, 4.69) is 11.2 Å². The van der Waals surface area contributed by atoms with E-state index in [1.807, 2.05) is 0 Å². The summed E-state index contributed by atoms with van der Waals surface area (Å²) in [6, 6.07) is 2.09. The Bertz CT molecular complexity index is 329. The summed E-state index contributed by atoms with van der Waals surface area (Å²) in [5.41, 5.74) is 1.24. The number of hydrogen-bond donors (Lipinski definition) is 0. The van der Waals surface area contributed by atoms with Crippen LogP contribution in [0, 0.1) is 23.7 Å². The maximum atomic E-state index is 5.02. The fourth-order valence-corrected chi connectivity index (χ4v) is 4.80. The molecule has 1 aromatic rings. The smallest absolute Gasteiger partial charge is 0.124 e. The van der Waals surface area contributed by atoms with Gasteiger partial charge in [-0.1, -0.05) is 5.16 Å². The lowest BCUT2D eigenvalue weighted by molar-refractivity contribution is -0.00504. The SMILES string of the molecule is c1cc(C2C3CC4CC(C3)CC2C4)no1. The molecule has 0 unspecified atom stereocenters. The van der Waals surface area contributed by atoms with E-state index in [0.717, 1.165) is 29.6 Å². The molecule has 4 fully saturated rings. The highest BCUT2D eigenvalue weighted by Crippen LogP contribution is 2.59. The normalized spacial score (nSPS) is 47.3. The van der Waals surface area contributed by atoms with Gasteiger partial charge in [0.1, 0.15) is 6.26 Å². The number of aromatic nitrogens is 1. The maximum Gasteiger partial charge on any atom is 0.124 e. The molecule has 0 atom stereocenters. The van der Waals surface area contributed by atoms with Crippen molar-refractivity contribution in [3.05, 3.63) is 18.0 Å². The minimum atomic E-state index is 0.733. The Morgan fingerprint density at radius 1 is 1.00 bits per heavy atom. The first kappa shape index (κ1) is 8.37. The van der Waals surface area contributed by atoms with Crippen molar-refractivity contribution in [1.82, 2.24) is 5.16 Å². The van der Waals surface area contributed by atoms with Crippen molar-refractivity contribution in [2.75, 3.05) is 0 Å². The van der Waals surface area contributed by atoms with Crippen molar-refractivity contribution < 1.29 is 4.52 Å². The molecule has 4 aliphatic carbocycles. The minimum absolute atomic E-state index is 0.733. The van der Waals surface area contributed by atoms with Gasteiger partial charge in [-0.05, 0) is 55.8 Å². The molecule has 0 radical (unpaired) electrons. The molecule has 2 nitrogen and oxygen atoms in total. The molecule has 0 N–H and O–H groups in total. The molecule has 0 aliphatic heterocycles. The van der Waals surface area contributed by atoms with Crippen molar-refractivity contribution in [3.63, 3.8) is 0 Å². The predicted octanol–water partition coefficient (Wildman–Crippen LogP) is 3.21. The van der Waals surface area contributed by atoms with Crippen LogP contribution in [0.3, 0.4) is 0 Å². The van der Waals surface area contributed by atoms with Crippen LogP contribution < -0.4 is 0 Å². The van der Waals surface area contributed by atoms with Gasteiger partial charge in [0, 0.05) is 12.0 Å². The summed E-state index contributed by atoms with van der Waals surface area (Å²) in [6.07, 6.45) is 9.11. The lowest BCUT2D eigenvalue weighted by atomic mass is 9.51. The van der Waals surface area contributed by atoms with E-state index in [0.29, 0.717) is 0 Å². The fraction of sp³-hybridized carbons (Fsp3) is 0.769. The van der Waals surface area contributed by atoms with Crippen molar-refractivity contribution in [1.29, 1.82) is 0 Å². The van der Waals surface area contributed by atoms with Gasteiger partial charge in [-0.15, -0.1) is 0 Å².